The van der Waals surface area contributed by atoms with E-state index in [-0.39, 0.29) is 17.8 Å². The standard InChI is InChI=1S/C18H25FN4O3/c1-11-10-22(17(25)26-18(2,3)4)6-7-23(11)14-9-15-13(8-12(14)19)20-16(24)21(15)5/h8-9,11H,6-7,10H2,1-5H3,(H,20,24)/t11-/m1/s1. The van der Waals surface area contributed by atoms with Gasteiger partial charge >= 0.3 is 11.8 Å². The molecule has 0 saturated carbocycles. The van der Waals surface area contributed by atoms with Gasteiger partial charge in [-0.1, -0.05) is 0 Å². The molecule has 1 aromatic carbocycles. The Morgan fingerprint density at radius 1 is 1.31 bits per heavy atom. The number of carbonyl (C=O) groups excluding carboxylic acids is 1. The third-order valence-corrected chi connectivity index (χ3v) is 4.56. The molecule has 0 unspecified atom stereocenters. The second-order valence-electron chi connectivity index (χ2n) is 7.78. The van der Waals surface area contributed by atoms with E-state index in [0.717, 1.165) is 0 Å². The predicted octanol–water partition coefficient (Wildman–Crippen LogP) is 2.45. The average Bonchev–Trinajstić information content (AvgIpc) is 2.79. The highest BCUT2D eigenvalue weighted by Crippen LogP contribution is 2.28. The van der Waals surface area contributed by atoms with E-state index < -0.39 is 11.4 Å². The van der Waals surface area contributed by atoms with Crippen LogP contribution in [0.15, 0.2) is 16.9 Å². The summed E-state index contributed by atoms with van der Waals surface area (Å²) in [5.74, 6) is -0.392. The number of aromatic amines is 1. The molecule has 2 aromatic rings. The van der Waals surface area contributed by atoms with Crippen LogP contribution in [0, 0.1) is 5.82 Å². The van der Waals surface area contributed by atoms with Crippen LogP contribution in [-0.4, -0.2) is 51.8 Å². The first-order valence-corrected chi connectivity index (χ1v) is 8.69. The summed E-state index contributed by atoms with van der Waals surface area (Å²) in [6.07, 6.45) is -0.354. The van der Waals surface area contributed by atoms with Gasteiger partial charge in [-0.05, 0) is 33.8 Å². The fourth-order valence-corrected chi connectivity index (χ4v) is 3.26. The van der Waals surface area contributed by atoms with Crippen LogP contribution < -0.4 is 10.6 Å². The van der Waals surface area contributed by atoms with Crippen LogP contribution in [0.4, 0.5) is 14.9 Å². The Bertz CT molecular complexity index is 896. The van der Waals surface area contributed by atoms with Crippen molar-refractivity contribution >= 4 is 22.8 Å². The number of hydrogen-bond donors (Lipinski definition) is 1. The molecule has 0 aliphatic carbocycles. The Kier molecular flexibility index (Phi) is 4.46. The summed E-state index contributed by atoms with van der Waals surface area (Å²) in [6.45, 7) is 8.81. The second kappa shape index (κ2) is 6.34. The van der Waals surface area contributed by atoms with E-state index >= 15 is 0 Å². The zero-order valence-electron chi connectivity index (χ0n) is 15.8. The van der Waals surface area contributed by atoms with E-state index in [2.05, 4.69) is 4.98 Å². The van der Waals surface area contributed by atoms with E-state index in [9.17, 15) is 14.0 Å². The number of H-pyrrole nitrogens is 1. The summed E-state index contributed by atoms with van der Waals surface area (Å²) < 4.78 is 21.5. The number of aromatic nitrogens is 2. The molecule has 3 rings (SSSR count). The number of benzene rings is 1. The topological polar surface area (TPSA) is 70.6 Å². The number of nitrogens with one attached hydrogen (secondary N) is 1. The van der Waals surface area contributed by atoms with Crippen LogP contribution in [0.3, 0.4) is 0 Å². The molecule has 0 radical (unpaired) electrons. The van der Waals surface area contributed by atoms with Gasteiger partial charge in [-0.2, -0.15) is 0 Å². The van der Waals surface area contributed by atoms with Gasteiger partial charge < -0.3 is 19.5 Å². The third kappa shape index (κ3) is 3.40. The number of fused-ring (bicyclic) bond motifs is 1. The first-order chi connectivity index (χ1) is 12.1. The molecule has 142 valence electrons. The predicted molar refractivity (Wildman–Crippen MR) is 98.1 cm³/mol. The molecule has 26 heavy (non-hydrogen) atoms. The van der Waals surface area contributed by atoms with Crippen molar-refractivity contribution in [2.45, 2.75) is 39.3 Å². The molecule has 1 aliphatic rings. The smallest absolute Gasteiger partial charge is 0.410 e. The molecule has 1 saturated heterocycles. The highest BCUT2D eigenvalue weighted by molar-refractivity contribution is 5.80. The first-order valence-electron chi connectivity index (χ1n) is 8.69. The van der Waals surface area contributed by atoms with Crippen molar-refractivity contribution in [3.05, 3.63) is 28.4 Å². The summed E-state index contributed by atoms with van der Waals surface area (Å²) in [5.41, 5.74) is 0.725. The normalized spacial score (nSPS) is 18.5. The number of piperazine rings is 1. The third-order valence-electron chi connectivity index (χ3n) is 4.56. The van der Waals surface area contributed by atoms with Crippen molar-refractivity contribution in [3.63, 3.8) is 0 Å². The fourth-order valence-electron chi connectivity index (χ4n) is 3.26. The number of rotatable bonds is 1. The molecule has 1 atom stereocenters. The molecule has 0 bridgehead atoms. The fraction of sp³-hybridized carbons (Fsp3) is 0.556. The molecule has 1 aliphatic heterocycles. The molecule has 7 nitrogen and oxygen atoms in total. The quantitative estimate of drug-likeness (QED) is 0.844. The average molecular weight is 364 g/mol. The number of imidazole rings is 1. The van der Waals surface area contributed by atoms with Crippen LogP contribution in [0.5, 0.6) is 0 Å². The van der Waals surface area contributed by atoms with E-state index in [1.54, 1.807) is 18.0 Å². The van der Waals surface area contributed by atoms with Crippen LogP contribution in [0.1, 0.15) is 27.7 Å². The molecule has 1 fully saturated rings. The summed E-state index contributed by atoms with van der Waals surface area (Å²) in [5, 5.41) is 0. The van der Waals surface area contributed by atoms with Crippen molar-refractivity contribution in [1.82, 2.24) is 14.5 Å². The molecule has 8 heteroatoms. The van der Waals surface area contributed by atoms with Gasteiger partial charge in [-0.15, -0.1) is 0 Å². The second-order valence-corrected chi connectivity index (χ2v) is 7.78. The van der Waals surface area contributed by atoms with Crippen molar-refractivity contribution in [3.8, 4) is 0 Å². The zero-order valence-corrected chi connectivity index (χ0v) is 15.8. The number of nitrogens with zero attached hydrogens (tertiary/aromatic N) is 3. The molecule has 1 N–H and O–H groups in total. The maximum atomic E-state index is 14.6. The van der Waals surface area contributed by atoms with Gasteiger partial charge in [0.1, 0.15) is 11.4 Å². The summed E-state index contributed by atoms with van der Waals surface area (Å²) in [4.78, 5) is 30.2. The van der Waals surface area contributed by atoms with E-state index in [1.165, 1.54) is 10.6 Å². The van der Waals surface area contributed by atoms with E-state index in [4.69, 9.17) is 4.74 Å². The van der Waals surface area contributed by atoms with Gasteiger partial charge in [0.2, 0.25) is 0 Å². The Balaban J connectivity index is 1.83. The molecular formula is C18H25FN4O3. The Hall–Kier alpha value is -2.51. The lowest BCUT2D eigenvalue weighted by molar-refractivity contribution is 0.0218. The number of hydrogen-bond acceptors (Lipinski definition) is 4. The lowest BCUT2D eigenvalue weighted by Crippen LogP contribution is -2.54. The minimum atomic E-state index is -0.548. The number of halogens is 1. The van der Waals surface area contributed by atoms with Gasteiger partial charge in [0.25, 0.3) is 0 Å². The first kappa shape index (κ1) is 18.3. The van der Waals surface area contributed by atoms with Crippen LogP contribution in [0.25, 0.3) is 11.0 Å². The number of amides is 1. The molecule has 2 heterocycles. The number of aryl methyl sites for hydroxylation is 1. The zero-order chi connectivity index (χ0) is 19.2. The van der Waals surface area contributed by atoms with Crippen molar-refractivity contribution in [2.75, 3.05) is 24.5 Å². The van der Waals surface area contributed by atoms with Gasteiger partial charge in [-0.25, -0.2) is 14.0 Å². The molecule has 0 spiro atoms. The minimum absolute atomic E-state index is 0.0841. The molecule has 1 aromatic heterocycles. The Morgan fingerprint density at radius 3 is 2.62 bits per heavy atom. The van der Waals surface area contributed by atoms with Crippen LogP contribution >= 0.6 is 0 Å². The van der Waals surface area contributed by atoms with Crippen molar-refractivity contribution < 1.29 is 13.9 Å². The maximum Gasteiger partial charge on any atom is 0.410 e. The monoisotopic (exact) mass is 364 g/mol. The van der Waals surface area contributed by atoms with Gasteiger partial charge in [0.05, 0.1) is 16.7 Å². The summed E-state index contributed by atoms with van der Waals surface area (Å²) in [6, 6.07) is 2.94. The number of ether oxygens (including phenoxy) is 1. The summed E-state index contributed by atoms with van der Waals surface area (Å²) in [7, 11) is 1.65. The van der Waals surface area contributed by atoms with Crippen molar-refractivity contribution in [2.24, 2.45) is 7.05 Å². The van der Waals surface area contributed by atoms with Crippen LogP contribution in [-0.2, 0) is 11.8 Å². The number of anilines is 1. The van der Waals surface area contributed by atoms with Gasteiger partial charge in [0.15, 0.2) is 0 Å². The Morgan fingerprint density at radius 2 is 2.00 bits per heavy atom. The Labute approximate surface area is 151 Å². The number of carbonyl (C=O) groups is 1. The molecular weight excluding hydrogens is 339 g/mol. The van der Waals surface area contributed by atoms with E-state index in [0.29, 0.717) is 36.4 Å². The lowest BCUT2D eigenvalue weighted by Gasteiger charge is -2.41. The van der Waals surface area contributed by atoms with Gasteiger partial charge in [-0.3, -0.25) is 4.57 Å². The highest BCUT2D eigenvalue weighted by atomic mass is 19.1. The van der Waals surface area contributed by atoms with Gasteiger partial charge in [0, 0.05) is 38.8 Å². The minimum Gasteiger partial charge on any atom is -0.444 e. The highest BCUT2D eigenvalue weighted by Gasteiger charge is 2.31. The SMILES string of the molecule is C[C@@H]1CN(C(=O)OC(C)(C)C)CCN1c1cc2c(cc1F)[nH]c(=O)n2C. The lowest BCUT2D eigenvalue weighted by atomic mass is 10.1. The summed E-state index contributed by atoms with van der Waals surface area (Å²) >= 11 is 0. The van der Waals surface area contributed by atoms with Crippen molar-refractivity contribution in [1.29, 1.82) is 0 Å². The largest absolute Gasteiger partial charge is 0.444 e. The molecule has 1 amide bonds. The van der Waals surface area contributed by atoms with Crippen LogP contribution in [0.2, 0.25) is 0 Å². The maximum absolute atomic E-state index is 14.6. The van der Waals surface area contributed by atoms with E-state index in [1.807, 2.05) is 32.6 Å².